The summed E-state index contributed by atoms with van der Waals surface area (Å²) in [4.78, 5) is 14.9. The Bertz CT molecular complexity index is 552. The fraction of sp³-hybridized carbons (Fsp3) is 0.467. The van der Waals surface area contributed by atoms with Gasteiger partial charge in [0.2, 0.25) is 0 Å². The average Bonchev–Trinajstić information content (AvgIpc) is 2.89. The second kappa shape index (κ2) is 8.41. The second-order valence-corrected chi connectivity index (χ2v) is 4.12. The zero-order chi connectivity index (χ0) is 15.0. The molecule has 20 heavy (non-hydrogen) atoms. The molecular formula is C15H21BN2O2. The zero-order valence-electron chi connectivity index (χ0n) is 12.4. The summed E-state index contributed by atoms with van der Waals surface area (Å²) in [6.45, 7) is 6.58. The van der Waals surface area contributed by atoms with E-state index in [1.165, 1.54) is 0 Å². The van der Waals surface area contributed by atoms with Crippen LogP contribution >= 0.6 is 0 Å². The highest BCUT2D eigenvalue weighted by atomic mass is 16.3. The van der Waals surface area contributed by atoms with Crippen LogP contribution in [-0.2, 0) is 12.8 Å². The Labute approximate surface area is 121 Å². The van der Waals surface area contributed by atoms with Gasteiger partial charge in [0.05, 0.1) is 0 Å². The number of hydrogen-bond acceptors (Lipinski definition) is 3. The van der Waals surface area contributed by atoms with Crippen LogP contribution < -0.4 is 5.32 Å². The van der Waals surface area contributed by atoms with E-state index in [0.29, 0.717) is 6.54 Å². The molecule has 0 aliphatic rings. The van der Waals surface area contributed by atoms with Gasteiger partial charge in [-0.15, -0.1) is 0 Å². The first-order chi connectivity index (χ1) is 9.70. The van der Waals surface area contributed by atoms with Gasteiger partial charge in [0.25, 0.3) is 0 Å². The molecule has 0 saturated carbocycles. The summed E-state index contributed by atoms with van der Waals surface area (Å²) >= 11 is 0. The molecule has 106 valence electrons. The molecule has 2 aromatic rings. The van der Waals surface area contributed by atoms with Crippen LogP contribution in [0.3, 0.4) is 0 Å². The third kappa shape index (κ3) is 4.40. The summed E-state index contributed by atoms with van der Waals surface area (Å²) < 4.78 is 5.70. The quantitative estimate of drug-likeness (QED) is 0.671. The Morgan fingerprint density at radius 1 is 1.40 bits per heavy atom. The van der Waals surface area contributed by atoms with Gasteiger partial charge in [0, 0.05) is 13.0 Å². The summed E-state index contributed by atoms with van der Waals surface area (Å²) in [5.41, 5.74) is 2.87. The molecule has 1 amide bonds. The molecule has 1 N–H and O–H groups in total. The summed E-state index contributed by atoms with van der Waals surface area (Å²) in [5, 5.41) is 2.57. The van der Waals surface area contributed by atoms with Crippen molar-refractivity contribution in [1.29, 1.82) is 0 Å². The van der Waals surface area contributed by atoms with Gasteiger partial charge in [-0.05, 0) is 24.5 Å². The lowest BCUT2D eigenvalue weighted by Gasteiger charge is -2.03. The summed E-state index contributed by atoms with van der Waals surface area (Å²) in [6, 6.07) is 5.95. The van der Waals surface area contributed by atoms with Crippen molar-refractivity contribution >= 4 is 24.8 Å². The molecule has 0 spiro atoms. The minimum Gasteiger partial charge on any atom is -0.440 e. The maximum absolute atomic E-state index is 10.5. The molecule has 5 heteroatoms. The van der Waals surface area contributed by atoms with Crippen LogP contribution in [0, 0.1) is 0 Å². The third-order valence-electron chi connectivity index (χ3n) is 2.77. The fourth-order valence-electron chi connectivity index (χ4n) is 1.89. The van der Waals surface area contributed by atoms with E-state index in [0.717, 1.165) is 41.8 Å². The fourth-order valence-corrected chi connectivity index (χ4v) is 1.89. The molecular weight excluding hydrogens is 251 g/mol. The molecule has 0 aliphatic heterocycles. The number of hydrogen-bond donors (Lipinski definition) is 1. The van der Waals surface area contributed by atoms with Gasteiger partial charge in [-0.25, -0.2) is 4.98 Å². The maximum atomic E-state index is 10.5. The maximum Gasteiger partial charge on any atom is 0.200 e. The van der Waals surface area contributed by atoms with E-state index in [4.69, 9.17) is 12.3 Å². The summed E-state index contributed by atoms with van der Waals surface area (Å²) in [5.74, 6) is 0.272. The Hall–Kier alpha value is -1.78. The lowest BCUT2D eigenvalue weighted by atomic mass is 10.1. The van der Waals surface area contributed by atoms with Crippen molar-refractivity contribution in [1.82, 2.24) is 10.3 Å². The van der Waals surface area contributed by atoms with Crippen molar-refractivity contribution in [3.8, 4) is 0 Å². The average molecular weight is 272 g/mol. The number of oxazole rings is 1. The number of aromatic nitrogens is 1. The van der Waals surface area contributed by atoms with Gasteiger partial charge in [-0.1, -0.05) is 32.9 Å². The normalized spacial score (nSPS) is 9.95. The highest BCUT2D eigenvalue weighted by molar-refractivity contribution is 6.57. The Morgan fingerprint density at radius 3 is 2.80 bits per heavy atom. The number of para-hydroxylation sites is 1. The number of benzene rings is 1. The molecule has 1 aromatic heterocycles. The molecule has 0 fully saturated rings. The monoisotopic (exact) mass is 272 g/mol. The molecule has 0 bridgehead atoms. The minimum atomic E-state index is -0.485. The molecule has 0 saturated heterocycles. The predicted molar refractivity (Wildman–Crippen MR) is 82.2 cm³/mol. The SMILES string of the molecule is CC.[B]C(=O)NCCCc1cccc2nc(CC)oc12. The van der Waals surface area contributed by atoms with Gasteiger partial charge in [0.1, 0.15) is 5.52 Å². The molecule has 1 aromatic carbocycles. The largest absolute Gasteiger partial charge is 0.440 e. The van der Waals surface area contributed by atoms with Gasteiger partial charge < -0.3 is 9.73 Å². The van der Waals surface area contributed by atoms with E-state index in [1.807, 2.05) is 39.0 Å². The number of nitrogens with one attached hydrogen (secondary N) is 1. The lowest BCUT2D eigenvalue weighted by Crippen LogP contribution is -2.22. The van der Waals surface area contributed by atoms with E-state index in [9.17, 15) is 4.79 Å². The summed E-state index contributed by atoms with van der Waals surface area (Å²) in [7, 11) is 5.01. The molecule has 0 unspecified atom stereocenters. The van der Waals surface area contributed by atoms with E-state index in [1.54, 1.807) is 0 Å². The molecule has 0 atom stereocenters. The van der Waals surface area contributed by atoms with E-state index in [-0.39, 0.29) is 0 Å². The number of aryl methyl sites for hydroxylation is 2. The standard InChI is InChI=1S/C13H15BN2O2.C2H6/c1-2-11-16-10-7-3-5-9(12(10)18-11)6-4-8-15-13(14)17;1-2/h3,5,7H,2,4,6,8H2,1H3,(H,15,17);1-2H3. The number of carbonyl (C=O) groups excluding carboxylic acids is 1. The number of amides is 1. The first kappa shape index (κ1) is 16.3. The minimum absolute atomic E-state index is 0.485. The highest BCUT2D eigenvalue weighted by Crippen LogP contribution is 2.21. The van der Waals surface area contributed by atoms with E-state index in [2.05, 4.69) is 10.3 Å². The Balaban J connectivity index is 0.000000956. The van der Waals surface area contributed by atoms with Crippen molar-refractivity contribution in [2.75, 3.05) is 6.54 Å². The molecule has 2 radical (unpaired) electrons. The predicted octanol–water partition coefficient (Wildman–Crippen LogP) is 3.23. The van der Waals surface area contributed by atoms with Crippen LogP contribution in [0.1, 0.15) is 38.6 Å². The third-order valence-corrected chi connectivity index (χ3v) is 2.77. The molecule has 1 heterocycles. The van der Waals surface area contributed by atoms with Gasteiger partial charge in [0.15, 0.2) is 25.1 Å². The van der Waals surface area contributed by atoms with Gasteiger partial charge in [-0.3, -0.25) is 4.79 Å². The second-order valence-electron chi connectivity index (χ2n) is 4.12. The zero-order valence-corrected chi connectivity index (χ0v) is 12.4. The van der Waals surface area contributed by atoms with Crippen LogP contribution in [-0.4, -0.2) is 25.2 Å². The Kier molecular flexibility index (Phi) is 6.84. The topological polar surface area (TPSA) is 55.1 Å². The van der Waals surface area contributed by atoms with Crippen LogP contribution in [0.2, 0.25) is 0 Å². The molecule has 0 aliphatic carbocycles. The van der Waals surface area contributed by atoms with Crippen molar-refractivity contribution in [3.05, 3.63) is 29.7 Å². The van der Waals surface area contributed by atoms with Crippen LogP contribution in [0.4, 0.5) is 4.79 Å². The first-order valence-electron chi connectivity index (χ1n) is 7.11. The van der Waals surface area contributed by atoms with Gasteiger partial charge >= 0.3 is 0 Å². The smallest absolute Gasteiger partial charge is 0.200 e. The number of carbonyl (C=O) groups is 1. The number of fused-ring (bicyclic) bond motifs is 1. The van der Waals surface area contributed by atoms with Crippen molar-refractivity contribution in [3.63, 3.8) is 0 Å². The lowest BCUT2D eigenvalue weighted by molar-refractivity contribution is 0.259. The first-order valence-corrected chi connectivity index (χ1v) is 7.11. The van der Waals surface area contributed by atoms with Crippen molar-refractivity contribution in [2.24, 2.45) is 0 Å². The van der Waals surface area contributed by atoms with Crippen LogP contribution in [0.15, 0.2) is 22.6 Å². The number of rotatable bonds is 5. The molecule has 2 rings (SSSR count). The number of nitrogens with zero attached hydrogens (tertiary/aromatic N) is 1. The Morgan fingerprint density at radius 2 is 2.15 bits per heavy atom. The highest BCUT2D eigenvalue weighted by Gasteiger charge is 2.08. The van der Waals surface area contributed by atoms with Crippen molar-refractivity contribution < 1.29 is 9.21 Å². The van der Waals surface area contributed by atoms with Crippen LogP contribution in [0.5, 0.6) is 0 Å². The van der Waals surface area contributed by atoms with Gasteiger partial charge in [-0.2, -0.15) is 0 Å². The van der Waals surface area contributed by atoms with E-state index >= 15 is 0 Å². The van der Waals surface area contributed by atoms with Crippen LogP contribution in [0.25, 0.3) is 11.1 Å². The van der Waals surface area contributed by atoms with Crippen molar-refractivity contribution in [2.45, 2.75) is 40.0 Å². The summed E-state index contributed by atoms with van der Waals surface area (Å²) in [6.07, 6.45) is 2.44. The van der Waals surface area contributed by atoms with E-state index < -0.39 is 5.81 Å². The molecule has 4 nitrogen and oxygen atoms in total.